The van der Waals surface area contributed by atoms with Crippen LogP contribution < -0.4 is 0 Å². The van der Waals surface area contributed by atoms with E-state index in [1.165, 1.54) is 16.9 Å². The summed E-state index contributed by atoms with van der Waals surface area (Å²) in [4.78, 5) is 0. The van der Waals surface area contributed by atoms with Crippen molar-refractivity contribution >= 4 is 16.1 Å². The number of hydrogen-bond donors (Lipinski definition) is 0. The van der Waals surface area contributed by atoms with Gasteiger partial charge < -0.3 is 0 Å². The molecule has 0 aromatic heterocycles. The van der Waals surface area contributed by atoms with Crippen LogP contribution in [0.15, 0.2) is 17.7 Å². The Morgan fingerprint density at radius 1 is 1.00 bits per heavy atom. The molecule has 1 aliphatic carbocycles. The van der Waals surface area contributed by atoms with Crippen molar-refractivity contribution in [3.8, 4) is 0 Å². The second-order valence-electron chi connectivity index (χ2n) is 6.63. The number of benzene rings is 1. The molecule has 1 aliphatic rings. The highest BCUT2D eigenvalue weighted by Gasteiger charge is 2.24. The molecule has 0 spiro atoms. The van der Waals surface area contributed by atoms with Crippen molar-refractivity contribution in [3.05, 3.63) is 40.0 Å². The molecule has 0 radical (unpaired) electrons. The van der Waals surface area contributed by atoms with Crippen LogP contribution in [0.2, 0.25) is 0 Å². The second kappa shape index (κ2) is 5.36. The molecular weight excluding hydrogens is 248 g/mol. The third-order valence-corrected chi connectivity index (χ3v) is 5.33. The normalized spacial score (nSPS) is 19.3. The molecule has 0 fully saturated rings. The maximum absolute atomic E-state index is 2.47. The molecule has 0 heterocycles. The Labute approximate surface area is 120 Å². The van der Waals surface area contributed by atoms with Crippen molar-refractivity contribution in [3.63, 3.8) is 0 Å². The third kappa shape index (κ3) is 3.08. The summed E-state index contributed by atoms with van der Waals surface area (Å²) in [6.07, 6.45) is 12.0. The predicted octanol–water partition coefficient (Wildman–Crippen LogP) is 5.01. The van der Waals surface area contributed by atoms with E-state index in [2.05, 4.69) is 57.7 Å². The van der Waals surface area contributed by atoms with Gasteiger partial charge in [0.2, 0.25) is 0 Å². The van der Waals surface area contributed by atoms with Gasteiger partial charge in [-0.25, -0.2) is 10.0 Å². The monoisotopic (exact) mass is 276 g/mol. The highest BCUT2D eigenvalue weighted by Crippen LogP contribution is 2.45. The summed E-state index contributed by atoms with van der Waals surface area (Å²) in [5.74, 6) is 1.91. The van der Waals surface area contributed by atoms with Gasteiger partial charge in [-0.15, -0.1) is 0 Å². The van der Waals surface area contributed by atoms with Crippen LogP contribution in [-0.4, -0.2) is 24.5 Å². The molecule has 0 saturated carbocycles. The molecule has 1 heteroatoms. The van der Waals surface area contributed by atoms with Gasteiger partial charge in [-0.1, -0.05) is 44.6 Å². The summed E-state index contributed by atoms with van der Waals surface area (Å²) in [5, 5.41) is 0. The molecular formula is C18H28S. The second-order valence-corrected chi connectivity index (χ2v) is 11.1. The zero-order valence-electron chi connectivity index (χ0n) is 13.3. The maximum atomic E-state index is 2.47. The fraction of sp³-hybridized carbons (Fsp3) is 0.556. The van der Waals surface area contributed by atoms with Crippen LogP contribution in [0, 0.1) is 0 Å². The fourth-order valence-corrected chi connectivity index (χ4v) is 4.41. The first-order valence-electron chi connectivity index (χ1n) is 7.38. The Balaban J connectivity index is 2.38. The molecule has 0 nitrogen and oxygen atoms in total. The van der Waals surface area contributed by atoms with E-state index in [0.717, 1.165) is 12.8 Å². The van der Waals surface area contributed by atoms with Crippen LogP contribution in [0.5, 0.6) is 0 Å². The molecule has 2 rings (SSSR count). The minimum absolute atomic E-state index is 0.458. The molecule has 0 amide bonds. The van der Waals surface area contributed by atoms with Crippen LogP contribution in [0.1, 0.15) is 48.9 Å². The largest absolute Gasteiger partial charge is 0.246 e. The van der Waals surface area contributed by atoms with E-state index in [0.29, 0.717) is 5.92 Å². The molecule has 1 atom stereocenters. The van der Waals surface area contributed by atoms with Crippen molar-refractivity contribution in [1.82, 2.24) is 0 Å². The summed E-state index contributed by atoms with van der Waals surface area (Å²) in [6, 6.07) is 4.91. The van der Waals surface area contributed by atoms with Crippen LogP contribution in [0.4, 0.5) is 0 Å². The SMILES string of the molecule is CCc1cc2c(cc1CC)C(C)C(CS(C)(C)C)=C2. The Morgan fingerprint density at radius 2 is 1.58 bits per heavy atom. The summed E-state index contributed by atoms with van der Waals surface area (Å²) >= 11 is 0. The Morgan fingerprint density at radius 3 is 2.11 bits per heavy atom. The first-order chi connectivity index (χ1) is 8.85. The van der Waals surface area contributed by atoms with Crippen molar-refractivity contribution in [1.29, 1.82) is 0 Å². The van der Waals surface area contributed by atoms with Gasteiger partial charge in [0.05, 0.1) is 0 Å². The van der Waals surface area contributed by atoms with Crippen molar-refractivity contribution < 1.29 is 0 Å². The average Bonchev–Trinajstić information content (AvgIpc) is 2.62. The smallest absolute Gasteiger partial charge is 0.00368 e. The lowest BCUT2D eigenvalue weighted by Gasteiger charge is -2.27. The minimum atomic E-state index is -0.458. The predicted molar refractivity (Wildman–Crippen MR) is 91.8 cm³/mol. The Kier molecular flexibility index (Phi) is 4.15. The van der Waals surface area contributed by atoms with Crippen LogP contribution in [0.3, 0.4) is 0 Å². The van der Waals surface area contributed by atoms with Crippen molar-refractivity contribution in [2.75, 3.05) is 24.5 Å². The molecule has 1 aromatic carbocycles. The summed E-state index contributed by atoms with van der Waals surface area (Å²) < 4.78 is 0. The number of aryl methyl sites for hydroxylation is 2. The quantitative estimate of drug-likeness (QED) is 0.725. The molecule has 1 aromatic rings. The number of fused-ring (bicyclic) bond motifs is 1. The third-order valence-electron chi connectivity index (χ3n) is 4.13. The Hall–Kier alpha value is -0.690. The van der Waals surface area contributed by atoms with E-state index in [-0.39, 0.29) is 0 Å². The van der Waals surface area contributed by atoms with E-state index in [1.54, 1.807) is 16.7 Å². The molecule has 0 N–H and O–H groups in total. The lowest BCUT2D eigenvalue weighted by molar-refractivity contribution is 0.912. The van der Waals surface area contributed by atoms with Gasteiger partial charge in [-0.2, -0.15) is 0 Å². The number of hydrogen-bond acceptors (Lipinski definition) is 0. The van der Waals surface area contributed by atoms with Gasteiger partial charge in [0.15, 0.2) is 0 Å². The van der Waals surface area contributed by atoms with E-state index < -0.39 is 10.0 Å². The first kappa shape index (κ1) is 14.7. The first-order valence-corrected chi connectivity index (χ1v) is 10.4. The van der Waals surface area contributed by atoms with E-state index >= 15 is 0 Å². The van der Waals surface area contributed by atoms with Gasteiger partial charge in [-0.3, -0.25) is 0 Å². The summed E-state index contributed by atoms with van der Waals surface area (Å²) in [5.41, 5.74) is 7.78. The lowest BCUT2D eigenvalue weighted by Crippen LogP contribution is -2.05. The lowest BCUT2D eigenvalue weighted by atomic mass is 9.92. The highest BCUT2D eigenvalue weighted by atomic mass is 32.3. The van der Waals surface area contributed by atoms with Crippen molar-refractivity contribution in [2.24, 2.45) is 0 Å². The molecule has 0 aliphatic heterocycles. The Bertz CT molecular complexity index is 503. The maximum Gasteiger partial charge on any atom is 0.00368 e. The molecule has 106 valence electrons. The zero-order chi connectivity index (χ0) is 14.2. The topological polar surface area (TPSA) is 0 Å². The van der Waals surface area contributed by atoms with E-state index in [9.17, 15) is 0 Å². The van der Waals surface area contributed by atoms with E-state index in [4.69, 9.17) is 0 Å². The molecule has 0 bridgehead atoms. The summed E-state index contributed by atoms with van der Waals surface area (Å²) in [7, 11) is -0.458. The van der Waals surface area contributed by atoms with Gasteiger partial charge in [0, 0.05) is 5.92 Å². The molecule has 1 unspecified atom stereocenters. The number of rotatable bonds is 4. The van der Waals surface area contributed by atoms with Crippen LogP contribution >= 0.6 is 10.0 Å². The molecule has 0 saturated heterocycles. The minimum Gasteiger partial charge on any atom is -0.246 e. The molecule has 19 heavy (non-hydrogen) atoms. The highest BCUT2D eigenvalue weighted by molar-refractivity contribution is 8.32. The average molecular weight is 276 g/mol. The zero-order valence-corrected chi connectivity index (χ0v) is 14.2. The summed E-state index contributed by atoms with van der Waals surface area (Å²) in [6.45, 7) is 6.92. The van der Waals surface area contributed by atoms with Gasteiger partial charge in [0.1, 0.15) is 0 Å². The van der Waals surface area contributed by atoms with Crippen LogP contribution in [-0.2, 0) is 12.8 Å². The van der Waals surface area contributed by atoms with E-state index in [1.807, 2.05) is 0 Å². The standard InChI is InChI=1S/C18H28S/c1-7-14-9-16-10-17(12-19(4,5)6)13(3)18(16)11-15(14)8-2/h9-11,13H,7-8,12H2,1-6H3. The fourth-order valence-electron chi connectivity index (χ4n) is 3.08. The van der Waals surface area contributed by atoms with Crippen molar-refractivity contribution in [2.45, 2.75) is 39.5 Å². The van der Waals surface area contributed by atoms with Crippen LogP contribution in [0.25, 0.3) is 6.08 Å². The van der Waals surface area contributed by atoms with Gasteiger partial charge in [-0.05, 0) is 59.6 Å². The van der Waals surface area contributed by atoms with Gasteiger partial charge in [0.25, 0.3) is 0 Å². The van der Waals surface area contributed by atoms with Gasteiger partial charge >= 0.3 is 0 Å².